The van der Waals surface area contributed by atoms with Crippen LogP contribution >= 0.6 is 0 Å². The molecule has 1 aliphatic heterocycles. The topological polar surface area (TPSA) is 61.4 Å². The highest BCUT2D eigenvalue weighted by atomic mass is 32.2. The third kappa shape index (κ3) is 3.23. The van der Waals surface area contributed by atoms with Crippen molar-refractivity contribution in [3.63, 3.8) is 0 Å². The third-order valence-corrected chi connectivity index (χ3v) is 5.77. The van der Waals surface area contributed by atoms with Gasteiger partial charge in [-0.3, -0.25) is 0 Å². The molecule has 0 radical (unpaired) electrons. The molecule has 5 nitrogen and oxygen atoms in total. The van der Waals surface area contributed by atoms with E-state index in [4.69, 9.17) is 0 Å². The van der Waals surface area contributed by atoms with Crippen LogP contribution in [0.15, 0.2) is 0 Å². The Balaban J connectivity index is 1.98. The molecule has 0 bridgehead atoms. The summed E-state index contributed by atoms with van der Waals surface area (Å²) in [7, 11) is -1.42. The minimum absolute atomic E-state index is 0.111. The normalized spacial score (nSPS) is 33.6. The molecule has 0 aromatic carbocycles. The molecule has 6 heteroatoms. The fraction of sp³-hybridized carbons (Fsp3) is 1.00. The second-order valence-corrected chi connectivity index (χ2v) is 7.11. The average Bonchev–Trinajstić information content (AvgIpc) is 3.07. The highest BCUT2D eigenvalue weighted by molar-refractivity contribution is 7.87. The van der Waals surface area contributed by atoms with Crippen LogP contribution < -0.4 is 10.0 Å². The monoisotopic (exact) mass is 275 g/mol. The second-order valence-electron chi connectivity index (χ2n) is 5.45. The van der Waals surface area contributed by atoms with Gasteiger partial charge in [0.25, 0.3) is 10.2 Å². The lowest BCUT2D eigenvalue weighted by atomic mass is 10.1. The number of piperidine rings is 1. The van der Waals surface area contributed by atoms with Crippen molar-refractivity contribution >= 4 is 10.2 Å². The maximum absolute atomic E-state index is 12.4. The largest absolute Gasteiger partial charge is 0.318 e. The number of nitrogens with zero attached hydrogens (tertiary/aromatic N) is 1. The van der Waals surface area contributed by atoms with Gasteiger partial charge >= 0.3 is 0 Å². The van der Waals surface area contributed by atoms with E-state index in [-0.39, 0.29) is 12.1 Å². The van der Waals surface area contributed by atoms with Crippen molar-refractivity contribution in [1.82, 2.24) is 14.3 Å². The minimum Gasteiger partial charge on any atom is -0.318 e. The molecular formula is C12H25N3O2S. The standard InChI is InChI=1S/C12H25N3O2S/c1-3-10-8-12(10)14-18(16,17)15-7-5-4-6-11(15)9-13-2/h10-14H,3-9H2,1-2H3. The molecule has 1 aliphatic carbocycles. The van der Waals surface area contributed by atoms with Gasteiger partial charge in [-0.05, 0) is 32.2 Å². The molecule has 0 aromatic heterocycles. The third-order valence-electron chi connectivity index (χ3n) is 4.07. The maximum Gasteiger partial charge on any atom is 0.280 e. The summed E-state index contributed by atoms with van der Waals surface area (Å²) in [5.41, 5.74) is 0. The van der Waals surface area contributed by atoms with E-state index < -0.39 is 10.2 Å². The highest BCUT2D eigenvalue weighted by Gasteiger charge is 2.41. The van der Waals surface area contributed by atoms with Crippen molar-refractivity contribution in [2.75, 3.05) is 20.1 Å². The molecular weight excluding hydrogens is 250 g/mol. The van der Waals surface area contributed by atoms with Crippen LogP contribution in [0.2, 0.25) is 0 Å². The molecule has 1 heterocycles. The van der Waals surface area contributed by atoms with E-state index in [2.05, 4.69) is 17.0 Å². The summed E-state index contributed by atoms with van der Waals surface area (Å²) in [5, 5.41) is 3.09. The quantitative estimate of drug-likeness (QED) is 0.750. The Kier molecular flexibility index (Phi) is 4.64. The molecule has 2 rings (SSSR count). The summed E-state index contributed by atoms with van der Waals surface area (Å²) >= 11 is 0. The summed E-state index contributed by atoms with van der Waals surface area (Å²) in [5.74, 6) is 0.548. The summed E-state index contributed by atoms with van der Waals surface area (Å²) in [6.07, 6.45) is 5.12. The van der Waals surface area contributed by atoms with Gasteiger partial charge in [0.2, 0.25) is 0 Å². The van der Waals surface area contributed by atoms with Crippen LogP contribution in [0.1, 0.15) is 39.0 Å². The Hall–Kier alpha value is -0.170. The first-order chi connectivity index (χ1) is 8.58. The van der Waals surface area contributed by atoms with Crippen molar-refractivity contribution in [1.29, 1.82) is 0 Å². The Labute approximate surface area is 110 Å². The molecule has 3 atom stereocenters. The van der Waals surface area contributed by atoms with Gasteiger partial charge in [0, 0.05) is 25.2 Å². The zero-order chi connectivity index (χ0) is 13.2. The van der Waals surface area contributed by atoms with Crippen LogP contribution in [0.5, 0.6) is 0 Å². The highest BCUT2D eigenvalue weighted by Crippen LogP contribution is 2.34. The van der Waals surface area contributed by atoms with Gasteiger partial charge in [0.05, 0.1) is 0 Å². The summed E-state index contributed by atoms with van der Waals surface area (Å²) in [6.45, 7) is 3.51. The Morgan fingerprint density at radius 3 is 2.72 bits per heavy atom. The van der Waals surface area contributed by atoms with Crippen LogP contribution in [0.4, 0.5) is 0 Å². The molecule has 18 heavy (non-hydrogen) atoms. The SMILES string of the molecule is CCC1CC1NS(=O)(=O)N1CCCCC1CNC. The van der Waals surface area contributed by atoms with Gasteiger partial charge in [-0.2, -0.15) is 17.4 Å². The summed E-state index contributed by atoms with van der Waals surface area (Å²) in [6, 6.07) is 0.289. The predicted molar refractivity (Wildman–Crippen MR) is 72.5 cm³/mol. The molecule has 2 N–H and O–H groups in total. The van der Waals surface area contributed by atoms with E-state index in [1.807, 2.05) is 7.05 Å². The summed E-state index contributed by atoms with van der Waals surface area (Å²) in [4.78, 5) is 0. The van der Waals surface area contributed by atoms with Crippen molar-refractivity contribution in [2.24, 2.45) is 5.92 Å². The van der Waals surface area contributed by atoms with Gasteiger partial charge in [-0.25, -0.2) is 0 Å². The second kappa shape index (κ2) is 5.86. The van der Waals surface area contributed by atoms with E-state index in [0.29, 0.717) is 12.5 Å². The van der Waals surface area contributed by atoms with Crippen molar-refractivity contribution in [3.8, 4) is 0 Å². The number of hydrogen-bond acceptors (Lipinski definition) is 3. The van der Waals surface area contributed by atoms with Crippen LogP contribution in [-0.2, 0) is 10.2 Å². The van der Waals surface area contributed by atoms with Crippen molar-refractivity contribution < 1.29 is 8.42 Å². The fourth-order valence-electron chi connectivity index (χ4n) is 2.83. The molecule has 0 spiro atoms. The predicted octanol–water partition coefficient (Wildman–Crippen LogP) is 0.693. The fourth-order valence-corrected chi connectivity index (χ4v) is 4.58. The smallest absolute Gasteiger partial charge is 0.280 e. The zero-order valence-corrected chi connectivity index (χ0v) is 12.2. The van der Waals surface area contributed by atoms with Gasteiger partial charge in [0.1, 0.15) is 0 Å². The van der Waals surface area contributed by atoms with Crippen LogP contribution in [0.3, 0.4) is 0 Å². The van der Waals surface area contributed by atoms with E-state index in [1.54, 1.807) is 4.31 Å². The van der Waals surface area contributed by atoms with E-state index >= 15 is 0 Å². The molecule has 106 valence electrons. The van der Waals surface area contributed by atoms with Gasteiger partial charge in [-0.15, -0.1) is 0 Å². The Morgan fingerprint density at radius 2 is 2.11 bits per heavy atom. The first-order valence-electron chi connectivity index (χ1n) is 7.02. The molecule has 2 aliphatic rings. The molecule has 0 aromatic rings. The van der Waals surface area contributed by atoms with Crippen LogP contribution in [-0.4, -0.2) is 44.9 Å². The molecule has 0 amide bonds. The first kappa shape index (κ1) is 14.2. The van der Waals surface area contributed by atoms with Gasteiger partial charge < -0.3 is 5.32 Å². The van der Waals surface area contributed by atoms with E-state index in [0.717, 1.165) is 38.6 Å². The number of rotatable bonds is 6. The van der Waals surface area contributed by atoms with E-state index in [9.17, 15) is 8.42 Å². The Morgan fingerprint density at radius 1 is 1.33 bits per heavy atom. The first-order valence-corrected chi connectivity index (χ1v) is 8.46. The van der Waals surface area contributed by atoms with Gasteiger partial charge in [-0.1, -0.05) is 19.8 Å². The van der Waals surface area contributed by atoms with Crippen molar-refractivity contribution in [3.05, 3.63) is 0 Å². The lowest BCUT2D eigenvalue weighted by Crippen LogP contribution is -2.52. The van der Waals surface area contributed by atoms with Crippen LogP contribution in [0, 0.1) is 5.92 Å². The lowest BCUT2D eigenvalue weighted by Gasteiger charge is -2.34. The average molecular weight is 275 g/mol. The Bertz CT molecular complexity index is 370. The molecule has 3 unspecified atom stereocenters. The lowest BCUT2D eigenvalue weighted by molar-refractivity contribution is 0.246. The molecule has 1 saturated heterocycles. The van der Waals surface area contributed by atoms with Gasteiger partial charge in [0.15, 0.2) is 0 Å². The number of likely N-dealkylation sites (N-methyl/N-ethyl adjacent to an activating group) is 1. The number of nitrogens with one attached hydrogen (secondary N) is 2. The molecule has 2 fully saturated rings. The van der Waals surface area contributed by atoms with Crippen LogP contribution in [0.25, 0.3) is 0 Å². The minimum atomic E-state index is -3.29. The zero-order valence-electron chi connectivity index (χ0n) is 11.4. The summed E-state index contributed by atoms with van der Waals surface area (Å²) < 4.78 is 29.3. The molecule has 1 saturated carbocycles. The maximum atomic E-state index is 12.4. The van der Waals surface area contributed by atoms with Crippen molar-refractivity contribution in [2.45, 2.75) is 51.1 Å². The van der Waals surface area contributed by atoms with E-state index in [1.165, 1.54) is 0 Å². The number of hydrogen-bond donors (Lipinski definition) is 2.